The second kappa shape index (κ2) is 6.45. The summed E-state index contributed by atoms with van der Waals surface area (Å²) >= 11 is 0. The van der Waals surface area contributed by atoms with Crippen LogP contribution in [0, 0.1) is 5.92 Å². The lowest BCUT2D eigenvalue weighted by atomic mass is 9.94. The van der Waals surface area contributed by atoms with E-state index in [1.165, 1.54) is 0 Å². The maximum absolute atomic E-state index is 11.9. The third-order valence-electron chi connectivity index (χ3n) is 3.46. The number of amides is 1. The van der Waals surface area contributed by atoms with Crippen molar-refractivity contribution in [3.05, 3.63) is 29.8 Å². The van der Waals surface area contributed by atoms with Crippen molar-refractivity contribution in [3.63, 3.8) is 0 Å². The summed E-state index contributed by atoms with van der Waals surface area (Å²) in [5.41, 5.74) is 0.788. The standard InChI is InChI=1S/C16H24N2O3/c1-16(2,3)21-15(20)18-13-7-5-4-6-12(13)14(19)11-8-9-17-10-11/h4-7,11,14,17,19H,8-10H2,1-3H3,(H,18,20). The molecule has 0 aromatic heterocycles. The Labute approximate surface area is 125 Å². The third-order valence-corrected chi connectivity index (χ3v) is 3.46. The van der Waals surface area contributed by atoms with E-state index >= 15 is 0 Å². The summed E-state index contributed by atoms with van der Waals surface area (Å²) in [5, 5.41) is 16.5. The number of carbonyl (C=O) groups is 1. The molecule has 2 atom stereocenters. The number of aliphatic hydroxyl groups excluding tert-OH is 1. The lowest BCUT2D eigenvalue weighted by Crippen LogP contribution is -2.28. The van der Waals surface area contributed by atoms with Crippen molar-refractivity contribution in [2.75, 3.05) is 18.4 Å². The number of hydrogen-bond donors (Lipinski definition) is 3. The first-order chi connectivity index (χ1) is 9.87. The molecule has 1 aliphatic heterocycles. The highest BCUT2D eigenvalue weighted by Crippen LogP contribution is 2.31. The average Bonchev–Trinajstić information content (AvgIpc) is 2.90. The van der Waals surface area contributed by atoms with Crippen LogP contribution in [0.25, 0.3) is 0 Å². The van der Waals surface area contributed by atoms with Crippen LogP contribution in [0.2, 0.25) is 0 Å². The normalized spacial score (nSPS) is 20.1. The van der Waals surface area contributed by atoms with Crippen molar-refractivity contribution >= 4 is 11.8 Å². The first-order valence-electron chi connectivity index (χ1n) is 7.34. The van der Waals surface area contributed by atoms with Crippen molar-refractivity contribution in [2.45, 2.75) is 38.9 Å². The van der Waals surface area contributed by atoms with Crippen molar-refractivity contribution < 1.29 is 14.6 Å². The predicted octanol–water partition coefficient (Wildman–Crippen LogP) is 2.68. The summed E-state index contributed by atoms with van der Waals surface area (Å²) in [6.45, 7) is 7.16. The van der Waals surface area contributed by atoms with Crippen LogP contribution in [0.3, 0.4) is 0 Å². The van der Waals surface area contributed by atoms with Crippen LogP contribution < -0.4 is 10.6 Å². The van der Waals surface area contributed by atoms with E-state index in [9.17, 15) is 9.90 Å². The summed E-state index contributed by atoms with van der Waals surface area (Å²) in [4.78, 5) is 11.9. The fourth-order valence-electron chi connectivity index (χ4n) is 2.48. The number of carbonyl (C=O) groups excluding carboxylic acids is 1. The molecule has 0 radical (unpaired) electrons. The van der Waals surface area contributed by atoms with Gasteiger partial charge in [0.1, 0.15) is 5.60 Å². The highest BCUT2D eigenvalue weighted by Gasteiger charge is 2.26. The summed E-state index contributed by atoms with van der Waals surface area (Å²) in [6, 6.07) is 7.32. The van der Waals surface area contributed by atoms with Gasteiger partial charge in [-0.15, -0.1) is 0 Å². The quantitative estimate of drug-likeness (QED) is 0.801. The number of para-hydroxylation sites is 1. The molecule has 1 saturated heterocycles. The number of anilines is 1. The van der Waals surface area contributed by atoms with Crippen LogP contribution in [0.4, 0.5) is 10.5 Å². The van der Waals surface area contributed by atoms with Gasteiger partial charge in [-0.25, -0.2) is 4.79 Å². The molecule has 1 aliphatic rings. The Morgan fingerprint density at radius 2 is 2.14 bits per heavy atom. The Kier molecular flexibility index (Phi) is 4.85. The van der Waals surface area contributed by atoms with Crippen molar-refractivity contribution in [1.29, 1.82) is 0 Å². The molecule has 116 valence electrons. The van der Waals surface area contributed by atoms with Gasteiger partial charge in [0.05, 0.1) is 6.10 Å². The van der Waals surface area contributed by atoms with E-state index in [1.54, 1.807) is 6.07 Å². The lowest BCUT2D eigenvalue weighted by Gasteiger charge is -2.23. The molecule has 1 aromatic carbocycles. The van der Waals surface area contributed by atoms with Crippen LogP contribution in [0.5, 0.6) is 0 Å². The van der Waals surface area contributed by atoms with Gasteiger partial charge in [0.2, 0.25) is 0 Å². The van der Waals surface area contributed by atoms with Crippen LogP contribution >= 0.6 is 0 Å². The van der Waals surface area contributed by atoms with E-state index < -0.39 is 17.8 Å². The Morgan fingerprint density at radius 3 is 2.76 bits per heavy atom. The topological polar surface area (TPSA) is 70.6 Å². The first kappa shape index (κ1) is 15.8. The second-order valence-electron chi connectivity index (χ2n) is 6.41. The van der Waals surface area contributed by atoms with Crippen molar-refractivity contribution in [2.24, 2.45) is 5.92 Å². The molecule has 1 heterocycles. The highest BCUT2D eigenvalue weighted by molar-refractivity contribution is 5.86. The monoisotopic (exact) mass is 292 g/mol. The molecular weight excluding hydrogens is 268 g/mol. The molecule has 0 aliphatic carbocycles. The molecule has 0 bridgehead atoms. The third kappa shape index (κ3) is 4.44. The predicted molar refractivity (Wildman–Crippen MR) is 82.2 cm³/mol. The van der Waals surface area contributed by atoms with Crippen LogP contribution in [-0.4, -0.2) is 29.9 Å². The molecule has 21 heavy (non-hydrogen) atoms. The minimum Gasteiger partial charge on any atom is -0.444 e. The maximum atomic E-state index is 11.9. The van der Waals surface area contributed by atoms with E-state index in [1.807, 2.05) is 39.0 Å². The molecular formula is C16H24N2O3. The Hall–Kier alpha value is -1.59. The largest absolute Gasteiger partial charge is 0.444 e. The fraction of sp³-hybridized carbons (Fsp3) is 0.562. The number of hydrogen-bond acceptors (Lipinski definition) is 4. The minimum absolute atomic E-state index is 0.173. The first-order valence-corrected chi connectivity index (χ1v) is 7.34. The van der Waals surface area contributed by atoms with E-state index in [0.717, 1.165) is 25.1 Å². The van der Waals surface area contributed by atoms with Gasteiger partial charge < -0.3 is 15.2 Å². The number of rotatable bonds is 3. The molecule has 1 fully saturated rings. The van der Waals surface area contributed by atoms with Gasteiger partial charge in [-0.2, -0.15) is 0 Å². The van der Waals surface area contributed by atoms with Gasteiger partial charge in [0.25, 0.3) is 0 Å². The van der Waals surface area contributed by atoms with Gasteiger partial charge in [-0.3, -0.25) is 5.32 Å². The minimum atomic E-state index is -0.592. The number of ether oxygens (including phenoxy) is 1. The Bertz CT molecular complexity index is 491. The van der Waals surface area contributed by atoms with E-state index in [0.29, 0.717) is 5.69 Å². The number of benzene rings is 1. The number of aliphatic hydroxyl groups is 1. The van der Waals surface area contributed by atoms with Crippen molar-refractivity contribution in [3.8, 4) is 0 Å². The molecule has 5 heteroatoms. The Balaban J connectivity index is 2.11. The zero-order valence-electron chi connectivity index (χ0n) is 12.8. The van der Waals surface area contributed by atoms with E-state index in [2.05, 4.69) is 10.6 Å². The van der Waals surface area contributed by atoms with E-state index in [4.69, 9.17) is 4.74 Å². The van der Waals surface area contributed by atoms with E-state index in [-0.39, 0.29) is 5.92 Å². The zero-order valence-corrected chi connectivity index (χ0v) is 12.8. The van der Waals surface area contributed by atoms with Gasteiger partial charge in [-0.05, 0) is 39.8 Å². The lowest BCUT2D eigenvalue weighted by molar-refractivity contribution is 0.0635. The molecule has 1 aromatic rings. The van der Waals surface area contributed by atoms with Gasteiger partial charge in [0, 0.05) is 23.7 Å². The summed E-state index contributed by atoms with van der Waals surface area (Å²) in [6.07, 6.45) is -0.167. The Morgan fingerprint density at radius 1 is 1.43 bits per heavy atom. The van der Waals surface area contributed by atoms with Crippen molar-refractivity contribution in [1.82, 2.24) is 5.32 Å². The molecule has 5 nitrogen and oxygen atoms in total. The molecule has 0 saturated carbocycles. The number of nitrogens with one attached hydrogen (secondary N) is 2. The highest BCUT2D eigenvalue weighted by atomic mass is 16.6. The fourth-order valence-corrected chi connectivity index (χ4v) is 2.48. The average molecular weight is 292 g/mol. The van der Waals surface area contributed by atoms with Crippen LogP contribution in [0.1, 0.15) is 38.9 Å². The molecule has 2 unspecified atom stereocenters. The molecule has 0 spiro atoms. The summed E-state index contributed by atoms with van der Waals surface area (Å²) < 4.78 is 5.26. The zero-order chi connectivity index (χ0) is 15.5. The SMILES string of the molecule is CC(C)(C)OC(=O)Nc1ccccc1C(O)C1CCNC1. The van der Waals surface area contributed by atoms with Crippen LogP contribution in [0.15, 0.2) is 24.3 Å². The van der Waals surface area contributed by atoms with Gasteiger partial charge in [-0.1, -0.05) is 18.2 Å². The molecule has 2 rings (SSSR count). The van der Waals surface area contributed by atoms with Gasteiger partial charge >= 0.3 is 6.09 Å². The summed E-state index contributed by atoms with van der Waals surface area (Å²) in [7, 11) is 0. The maximum Gasteiger partial charge on any atom is 0.412 e. The van der Waals surface area contributed by atoms with Gasteiger partial charge in [0.15, 0.2) is 0 Å². The molecule has 1 amide bonds. The second-order valence-corrected chi connectivity index (χ2v) is 6.41. The summed E-state index contributed by atoms with van der Waals surface area (Å²) in [5.74, 6) is 0.173. The smallest absolute Gasteiger partial charge is 0.412 e. The van der Waals surface area contributed by atoms with Crippen LogP contribution in [-0.2, 0) is 4.74 Å². The molecule has 3 N–H and O–H groups in total.